The van der Waals surface area contributed by atoms with E-state index in [4.69, 9.17) is 4.74 Å². The number of ether oxygens (including phenoxy) is 2. The van der Waals surface area contributed by atoms with Crippen LogP contribution < -0.4 is 5.32 Å². The van der Waals surface area contributed by atoms with Gasteiger partial charge >= 0.3 is 12.1 Å². The van der Waals surface area contributed by atoms with Crippen molar-refractivity contribution in [1.82, 2.24) is 5.32 Å². The monoisotopic (exact) mass is 229 g/mol. The lowest BCUT2D eigenvalue weighted by Crippen LogP contribution is -2.33. The molecule has 0 saturated carbocycles. The third-order valence-electron chi connectivity index (χ3n) is 1.35. The molecule has 0 rings (SSSR count). The maximum atomic E-state index is 11.6. The van der Waals surface area contributed by atoms with Crippen LogP contribution in [0.15, 0.2) is 0 Å². The normalized spacial score (nSPS) is 11.5. The first-order valence-corrected chi connectivity index (χ1v) is 4.38. The molecular weight excluding hydrogens is 215 g/mol. The molecule has 0 spiro atoms. The fraction of sp³-hybridized carbons (Fsp3) is 0.875. The molecule has 0 unspecified atom stereocenters. The Hall–Kier alpha value is -0.820. The molecule has 7 heteroatoms. The molecule has 0 aliphatic rings. The van der Waals surface area contributed by atoms with Crippen LogP contribution >= 0.6 is 0 Å². The van der Waals surface area contributed by atoms with Crippen molar-refractivity contribution >= 4 is 5.97 Å². The highest BCUT2D eigenvalue weighted by atomic mass is 19.4. The van der Waals surface area contributed by atoms with Crippen LogP contribution in [0.5, 0.6) is 0 Å². The van der Waals surface area contributed by atoms with Crippen molar-refractivity contribution in [2.45, 2.75) is 12.6 Å². The van der Waals surface area contributed by atoms with Gasteiger partial charge in [0.25, 0.3) is 0 Å². The van der Waals surface area contributed by atoms with E-state index < -0.39 is 25.2 Å². The zero-order valence-corrected chi connectivity index (χ0v) is 8.39. The highest BCUT2D eigenvalue weighted by Crippen LogP contribution is 2.11. The first-order chi connectivity index (χ1) is 6.95. The third-order valence-corrected chi connectivity index (χ3v) is 1.35. The van der Waals surface area contributed by atoms with Crippen molar-refractivity contribution in [2.75, 3.05) is 33.4 Å². The highest BCUT2D eigenvalue weighted by Gasteiger charge is 2.26. The SMILES string of the molecule is COCCCOC(=O)CNCC(F)(F)F. The summed E-state index contributed by atoms with van der Waals surface area (Å²) in [7, 11) is 1.51. The van der Waals surface area contributed by atoms with Gasteiger partial charge in [-0.05, 0) is 0 Å². The Bertz CT molecular complexity index is 184. The van der Waals surface area contributed by atoms with Gasteiger partial charge in [0, 0.05) is 20.1 Å². The number of methoxy groups -OCH3 is 1. The Morgan fingerprint density at radius 3 is 2.53 bits per heavy atom. The average molecular weight is 229 g/mol. The quantitative estimate of drug-likeness (QED) is 0.516. The molecule has 90 valence electrons. The summed E-state index contributed by atoms with van der Waals surface area (Å²) in [5.41, 5.74) is 0. The fourth-order valence-corrected chi connectivity index (χ4v) is 0.747. The second kappa shape index (κ2) is 7.47. The lowest BCUT2D eigenvalue weighted by atomic mass is 10.5. The Balaban J connectivity index is 3.34. The summed E-state index contributed by atoms with van der Waals surface area (Å²) in [6.45, 7) is -1.03. The van der Waals surface area contributed by atoms with Crippen LogP contribution in [0.3, 0.4) is 0 Å². The van der Waals surface area contributed by atoms with Crippen molar-refractivity contribution in [3.8, 4) is 0 Å². The minimum Gasteiger partial charge on any atom is -0.465 e. The zero-order valence-electron chi connectivity index (χ0n) is 8.39. The Morgan fingerprint density at radius 1 is 1.33 bits per heavy atom. The van der Waals surface area contributed by atoms with E-state index in [0.29, 0.717) is 13.0 Å². The van der Waals surface area contributed by atoms with Crippen LogP contribution in [-0.4, -0.2) is 45.6 Å². The summed E-state index contributed by atoms with van der Waals surface area (Å²) >= 11 is 0. The lowest BCUT2D eigenvalue weighted by Gasteiger charge is -2.08. The molecule has 0 aliphatic heterocycles. The topological polar surface area (TPSA) is 47.6 Å². The van der Waals surface area contributed by atoms with Crippen molar-refractivity contribution in [2.24, 2.45) is 0 Å². The molecule has 0 aliphatic carbocycles. The van der Waals surface area contributed by atoms with E-state index in [-0.39, 0.29) is 6.61 Å². The number of halogens is 3. The maximum absolute atomic E-state index is 11.6. The molecule has 0 heterocycles. The number of nitrogens with one attached hydrogen (secondary N) is 1. The van der Waals surface area contributed by atoms with Crippen LogP contribution in [0.4, 0.5) is 13.2 Å². The zero-order chi connectivity index (χ0) is 11.7. The summed E-state index contributed by atoms with van der Waals surface area (Å²) in [5, 5.41) is 1.94. The highest BCUT2D eigenvalue weighted by molar-refractivity contribution is 5.71. The van der Waals surface area contributed by atoms with E-state index in [0.717, 1.165) is 0 Å². The second-order valence-electron chi connectivity index (χ2n) is 2.79. The number of carbonyl (C=O) groups is 1. The van der Waals surface area contributed by atoms with Gasteiger partial charge in [0.05, 0.1) is 19.7 Å². The first kappa shape index (κ1) is 14.2. The van der Waals surface area contributed by atoms with Crippen molar-refractivity contribution in [3.63, 3.8) is 0 Å². The van der Waals surface area contributed by atoms with Crippen molar-refractivity contribution in [3.05, 3.63) is 0 Å². The van der Waals surface area contributed by atoms with E-state index in [1.165, 1.54) is 7.11 Å². The number of alkyl halides is 3. The van der Waals surface area contributed by atoms with E-state index in [1.807, 2.05) is 5.32 Å². The predicted octanol–water partition coefficient (Wildman–Crippen LogP) is 0.718. The van der Waals surface area contributed by atoms with Gasteiger partial charge in [-0.15, -0.1) is 0 Å². The van der Waals surface area contributed by atoms with Gasteiger partial charge in [-0.3, -0.25) is 10.1 Å². The smallest absolute Gasteiger partial charge is 0.401 e. The Morgan fingerprint density at radius 2 is 2.00 bits per heavy atom. The minimum atomic E-state index is -4.31. The van der Waals surface area contributed by atoms with E-state index >= 15 is 0 Å². The molecule has 0 bridgehead atoms. The van der Waals surface area contributed by atoms with Crippen LogP contribution in [0, 0.1) is 0 Å². The van der Waals surface area contributed by atoms with Crippen LogP contribution in [0.25, 0.3) is 0 Å². The molecule has 0 fully saturated rings. The molecule has 0 radical (unpaired) electrons. The fourth-order valence-electron chi connectivity index (χ4n) is 0.747. The maximum Gasteiger partial charge on any atom is 0.401 e. The third kappa shape index (κ3) is 11.1. The van der Waals surface area contributed by atoms with Gasteiger partial charge < -0.3 is 9.47 Å². The van der Waals surface area contributed by atoms with E-state index in [1.54, 1.807) is 0 Å². The minimum absolute atomic E-state index is 0.153. The molecule has 0 aromatic rings. The molecule has 0 amide bonds. The molecule has 15 heavy (non-hydrogen) atoms. The average Bonchev–Trinajstić information content (AvgIpc) is 2.10. The van der Waals surface area contributed by atoms with E-state index in [9.17, 15) is 18.0 Å². The van der Waals surface area contributed by atoms with Crippen LogP contribution in [-0.2, 0) is 14.3 Å². The van der Waals surface area contributed by atoms with Crippen molar-refractivity contribution in [1.29, 1.82) is 0 Å². The van der Waals surface area contributed by atoms with Crippen LogP contribution in [0.2, 0.25) is 0 Å². The summed E-state index contributed by atoms with van der Waals surface area (Å²) < 4.78 is 44.2. The molecule has 0 saturated heterocycles. The number of hydrogen-bond acceptors (Lipinski definition) is 4. The van der Waals surface area contributed by atoms with Crippen molar-refractivity contribution < 1.29 is 27.4 Å². The number of hydrogen-bond donors (Lipinski definition) is 1. The number of carbonyl (C=O) groups excluding carboxylic acids is 1. The van der Waals surface area contributed by atoms with Gasteiger partial charge in [-0.2, -0.15) is 13.2 Å². The predicted molar refractivity (Wildman–Crippen MR) is 46.4 cm³/mol. The van der Waals surface area contributed by atoms with E-state index in [2.05, 4.69) is 4.74 Å². The molecule has 0 atom stereocenters. The van der Waals surface area contributed by atoms with Gasteiger partial charge in [0.1, 0.15) is 0 Å². The van der Waals surface area contributed by atoms with Gasteiger partial charge in [-0.25, -0.2) is 0 Å². The van der Waals surface area contributed by atoms with Crippen LogP contribution in [0.1, 0.15) is 6.42 Å². The second-order valence-corrected chi connectivity index (χ2v) is 2.79. The van der Waals surface area contributed by atoms with Gasteiger partial charge in [0.2, 0.25) is 0 Å². The molecule has 1 N–H and O–H groups in total. The largest absolute Gasteiger partial charge is 0.465 e. The Labute approximate surface area is 85.7 Å². The van der Waals surface area contributed by atoms with Gasteiger partial charge in [0.15, 0.2) is 0 Å². The molecule has 0 aromatic heterocycles. The lowest BCUT2D eigenvalue weighted by molar-refractivity contribution is -0.145. The molecule has 0 aromatic carbocycles. The number of esters is 1. The summed E-state index contributed by atoms with van der Waals surface area (Å²) in [6, 6.07) is 0. The molecular formula is C8H14F3NO3. The summed E-state index contributed by atoms with van der Waals surface area (Å²) in [5.74, 6) is -0.699. The first-order valence-electron chi connectivity index (χ1n) is 4.38. The Kier molecular flexibility index (Phi) is 7.06. The number of rotatable bonds is 7. The summed E-state index contributed by atoms with van der Waals surface area (Å²) in [4.78, 5) is 10.8. The molecule has 4 nitrogen and oxygen atoms in total. The summed E-state index contributed by atoms with van der Waals surface area (Å²) in [6.07, 6.45) is -3.78. The van der Waals surface area contributed by atoms with Gasteiger partial charge in [-0.1, -0.05) is 0 Å². The standard InChI is InChI=1S/C8H14F3NO3/c1-14-3-2-4-15-7(13)5-12-6-8(9,10)11/h12H,2-6H2,1H3.